The van der Waals surface area contributed by atoms with E-state index < -0.39 is 18.2 Å². The highest BCUT2D eigenvalue weighted by atomic mass is 19.1. The number of amidine groups is 1. The topological polar surface area (TPSA) is 96.9 Å². The minimum atomic E-state index is -0.630. The lowest BCUT2D eigenvalue weighted by Crippen LogP contribution is -2.64. The molecule has 10 heteroatoms. The minimum Gasteiger partial charge on any atom is -0.375 e. The Bertz CT molecular complexity index is 1290. The number of anilines is 1. The van der Waals surface area contributed by atoms with Gasteiger partial charge in [0.1, 0.15) is 17.5 Å². The molecule has 5 rings (SSSR count). The van der Waals surface area contributed by atoms with Gasteiger partial charge in [0.15, 0.2) is 12.2 Å². The summed E-state index contributed by atoms with van der Waals surface area (Å²) in [5.41, 5.74) is 2.71. The number of rotatable bonds is 6. The van der Waals surface area contributed by atoms with E-state index in [1.807, 2.05) is 42.2 Å². The SMILES string of the molecule is CCN1C(=O)NC(=O)C2C1N=C(Cc1nc3cc(N(C)C)c(F)cc3[nH]1)N2Cc1ccccc1. The molecule has 0 bridgehead atoms. The van der Waals surface area contributed by atoms with Crippen LogP contribution in [0.1, 0.15) is 18.3 Å². The zero-order chi connectivity index (χ0) is 24.0. The molecule has 3 heterocycles. The third-order valence-electron chi connectivity index (χ3n) is 6.25. The average molecular weight is 464 g/mol. The van der Waals surface area contributed by atoms with Gasteiger partial charge in [-0.25, -0.2) is 19.2 Å². The molecule has 3 aromatic rings. The molecule has 0 radical (unpaired) electrons. The van der Waals surface area contributed by atoms with E-state index in [2.05, 4.69) is 15.3 Å². The van der Waals surface area contributed by atoms with Crippen LogP contribution < -0.4 is 10.2 Å². The molecule has 0 saturated carbocycles. The van der Waals surface area contributed by atoms with Crippen molar-refractivity contribution in [2.24, 2.45) is 4.99 Å². The van der Waals surface area contributed by atoms with Gasteiger partial charge in [-0.2, -0.15) is 0 Å². The van der Waals surface area contributed by atoms with E-state index >= 15 is 0 Å². The highest BCUT2D eigenvalue weighted by Crippen LogP contribution is 2.29. The molecule has 1 aromatic heterocycles. The molecule has 3 amide bonds. The molecule has 2 unspecified atom stereocenters. The maximum Gasteiger partial charge on any atom is 0.325 e. The van der Waals surface area contributed by atoms with Crippen molar-refractivity contribution in [3.05, 3.63) is 59.7 Å². The number of fused-ring (bicyclic) bond motifs is 2. The van der Waals surface area contributed by atoms with Gasteiger partial charge < -0.3 is 14.8 Å². The van der Waals surface area contributed by atoms with Crippen molar-refractivity contribution < 1.29 is 14.0 Å². The standard InChI is InChI=1S/C24H26FN7O2/c1-4-31-22-21(23(33)29-24(31)34)32(13-14-8-6-5-7-9-14)20(28-22)12-19-26-16-10-15(25)18(30(2)3)11-17(16)27-19/h5-11,21-22H,4,12-13H2,1-3H3,(H,26,27)(H,29,33,34). The summed E-state index contributed by atoms with van der Waals surface area (Å²) in [5, 5.41) is 2.46. The number of amides is 3. The van der Waals surface area contributed by atoms with Crippen LogP contribution in [0, 0.1) is 5.82 Å². The second kappa shape index (κ2) is 8.44. The molecule has 0 spiro atoms. The van der Waals surface area contributed by atoms with Crippen LogP contribution in [0.15, 0.2) is 47.5 Å². The van der Waals surface area contributed by atoms with Crippen molar-refractivity contribution in [1.29, 1.82) is 0 Å². The quantitative estimate of drug-likeness (QED) is 0.586. The molecule has 9 nitrogen and oxygen atoms in total. The molecule has 0 aliphatic carbocycles. The number of H-pyrrole nitrogens is 1. The number of likely N-dealkylation sites (N-methyl/N-ethyl adjacent to an activating group) is 1. The molecule has 2 atom stereocenters. The van der Waals surface area contributed by atoms with Gasteiger partial charge in [-0.15, -0.1) is 0 Å². The predicted molar refractivity (Wildman–Crippen MR) is 127 cm³/mol. The van der Waals surface area contributed by atoms with Crippen molar-refractivity contribution >= 4 is 34.5 Å². The number of aromatic amines is 1. The molecule has 2 aliphatic heterocycles. The average Bonchev–Trinajstić information content (AvgIpc) is 3.34. The Hall–Kier alpha value is -3.95. The normalized spacial score (nSPS) is 19.9. The van der Waals surface area contributed by atoms with E-state index in [1.54, 1.807) is 30.0 Å². The van der Waals surface area contributed by atoms with Crippen molar-refractivity contribution in [1.82, 2.24) is 25.1 Å². The summed E-state index contributed by atoms with van der Waals surface area (Å²) in [7, 11) is 3.56. The Balaban J connectivity index is 1.51. The number of urea groups is 1. The van der Waals surface area contributed by atoms with Crippen molar-refractivity contribution in [3.8, 4) is 0 Å². The number of hydrogen-bond donors (Lipinski definition) is 2. The molecule has 2 aliphatic rings. The fourth-order valence-corrected chi connectivity index (χ4v) is 4.60. The maximum absolute atomic E-state index is 14.4. The number of hydrogen-bond acceptors (Lipinski definition) is 6. The Morgan fingerprint density at radius 3 is 2.59 bits per heavy atom. The lowest BCUT2D eigenvalue weighted by atomic mass is 10.1. The molecule has 34 heavy (non-hydrogen) atoms. The number of aliphatic imine (C=N–C) groups is 1. The first-order valence-corrected chi connectivity index (χ1v) is 11.2. The van der Waals surface area contributed by atoms with Gasteiger partial charge in [0.2, 0.25) is 0 Å². The van der Waals surface area contributed by atoms with Crippen molar-refractivity contribution in [2.45, 2.75) is 32.1 Å². The number of carbonyl (C=O) groups excluding carboxylic acids is 2. The molecule has 1 fully saturated rings. The molecule has 2 N–H and O–H groups in total. The van der Waals surface area contributed by atoms with Gasteiger partial charge in [0, 0.05) is 33.3 Å². The van der Waals surface area contributed by atoms with Gasteiger partial charge in [-0.05, 0) is 18.6 Å². The fourth-order valence-electron chi connectivity index (χ4n) is 4.60. The third kappa shape index (κ3) is 3.74. The highest BCUT2D eigenvalue weighted by Gasteiger charge is 2.49. The maximum atomic E-state index is 14.4. The monoisotopic (exact) mass is 463 g/mol. The van der Waals surface area contributed by atoms with E-state index in [-0.39, 0.29) is 11.7 Å². The number of halogens is 1. The second-order valence-electron chi connectivity index (χ2n) is 8.67. The first-order chi connectivity index (χ1) is 16.4. The van der Waals surface area contributed by atoms with Gasteiger partial charge >= 0.3 is 6.03 Å². The van der Waals surface area contributed by atoms with Crippen LogP contribution in [-0.2, 0) is 17.8 Å². The minimum absolute atomic E-state index is 0.312. The number of imide groups is 1. The largest absolute Gasteiger partial charge is 0.375 e. The Morgan fingerprint density at radius 1 is 1.12 bits per heavy atom. The van der Waals surface area contributed by atoms with E-state index in [9.17, 15) is 14.0 Å². The summed E-state index contributed by atoms with van der Waals surface area (Å²) in [6.07, 6.45) is -0.293. The number of imidazole rings is 1. The first-order valence-electron chi connectivity index (χ1n) is 11.2. The predicted octanol–water partition coefficient (Wildman–Crippen LogP) is 2.49. The van der Waals surface area contributed by atoms with Crippen LogP contribution in [0.2, 0.25) is 0 Å². The lowest BCUT2D eigenvalue weighted by Gasteiger charge is -2.37. The van der Waals surface area contributed by atoms with Crippen LogP contribution in [0.25, 0.3) is 11.0 Å². The second-order valence-corrected chi connectivity index (χ2v) is 8.67. The van der Waals surface area contributed by atoms with Crippen LogP contribution in [0.3, 0.4) is 0 Å². The zero-order valence-corrected chi connectivity index (χ0v) is 19.2. The summed E-state index contributed by atoms with van der Waals surface area (Å²) in [6, 6.07) is 11.9. The molecule has 2 aromatic carbocycles. The smallest absolute Gasteiger partial charge is 0.325 e. The van der Waals surface area contributed by atoms with Gasteiger partial charge in [-0.1, -0.05) is 30.3 Å². The van der Waals surface area contributed by atoms with Crippen LogP contribution in [-0.4, -0.2) is 70.4 Å². The lowest BCUT2D eigenvalue weighted by molar-refractivity contribution is -0.127. The number of nitrogens with zero attached hydrogens (tertiary/aromatic N) is 5. The van der Waals surface area contributed by atoms with Gasteiger partial charge in [-0.3, -0.25) is 15.0 Å². The molecule has 176 valence electrons. The van der Waals surface area contributed by atoms with E-state index in [0.717, 1.165) is 5.56 Å². The Morgan fingerprint density at radius 2 is 1.88 bits per heavy atom. The van der Waals surface area contributed by atoms with Gasteiger partial charge in [0.25, 0.3) is 5.91 Å². The fraction of sp³-hybridized carbons (Fsp3) is 0.333. The third-order valence-corrected chi connectivity index (χ3v) is 6.25. The number of carbonyl (C=O) groups is 2. The van der Waals surface area contributed by atoms with Crippen molar-refractivity contribution in [2.75, 3.05) is 25.5 Å². The summed E-state index contributed by atoms with van der Waals surface area (Å²) in [5.74, 6) is 0.554. The van der Waals surface area contributed by atoms with Crippen LogP contribution in [0.5, 0.6) is 0 Å². The summed E-state index contributed by atoms with van der Waals surface area (Å²) >= 11 is 0. The van der Waals surface area contributed by atoms with Crippen LogP contribution in [0.4, 0.5) is 14.9 Å². The van der Waals surface area contributed by atoms with E-state index in [0.29, 0.717) is 47.9 Å². The van der Waals surface area contributed by atoms with E-state index in [4.69, 9.17) is 4.99 Å². The molecular formula is C24H26FN7O2. The zero-order valence-electron chi connectivity index (χ0n) is 19.2. The van der Waals surface area contributed by atoms with Crippen molar-refractivity contribution in [3.63, 3.8) is 0 Å². The van der Waals surface area contributed by atoms with E-state index in [1.165, 1.54) is 6.07 Å². The molecule has 1 saturated heterocycles. The van der Waals surface area contributed by atoms with Gasteiger partial charge in [0.05, 0.1) is 23.1 Å². The number of nitrogens with one attached hydrogen (secondary N) is 2. The van der Waals surface area contributed by atoms with Crippen LogP contribution >= 0.6 is 0 Å². The summed E-state index contributed by atoms with van der Waals surface area (Å²) in [4.78, 5) is 43.1. The molecular weight excluding hydrogens is 437 g/mol. The number of benzene rings is 2. The Kier molecular flexibility index (Phi) is 5.43. The summed E-state index contributed by atoms with van der Waals surface area (Å²) in [6.45, 7) is 2.74. The first kappa shape index (κ1) is 21.9. The number of aromatic nitrogens is 2. The highest BCUT2D eigenvalue weighted by molar-refractivity contribution is 6.04. The Labute approximate surface area is 196 Å². The summed E-state index contributed by atoms with van der Waals surface area (Å²) < 4.78 is 14.4.